The zero-order valence-corrected chi connectivity index (χ0v) is 5.62. The fourth-order valence-electron chi connectivity index (χ4n) is 0.662. The lowest BCUT2D eigenvalue weighted by molar-refractivity contribution is 0.169. The van der Waals surface area contributed by atoms with Gasteiger partial charge in [0.1, 0.15) is 0 Å². The first-order valence-electron chi connectivity index (χ1n) is 4.30. The van der Waals surface area contributed by atoms with E-state index in [1.807, 2.05) is 0 Å². The van der Waals surface area contributed by atoms with Crippen LogP contribution in [0.2, 0.25) is 0 Å². The summed E-state index contributed by atoms with van der Waals surface area (Å²) in [6, 6.07) is 5.02. The van der Waals surface area contributed by atoms with Crippen LogP contribution in [0.25, 0.3) is 0 Å². The highest BCUT2D eigenvalue weighted by atomic mass is 16.3. The Hall–Kier alpha value is -0.890. The topological polar surface area (TPSA) is 33.1 Å². The van der Waals surface area contributed by atoms with Gasteiger partial charge in [-0.1, -0.05) is 13.0 Å². The largest absolute Gasteiger partial charge is 0.387 e. The predicted molar refractivity (Wildman–Crippen MR) is 39.5 cm³/mol. The van der Waals surface area contributed by atoms with Gasteiger partial charge in [-0.25, -0.2) is 0 Å². The number of rotatable bonds is 2. The Morgan fingerprint density at radius 1 is 1.90 bits per heavy atom. The maximum Gasteiger partial charge on any atom is 0.0957 e. The van der Waals surface area contributed by atoms with Crippen LogP contribution in [-0.2, 0) is 0 Å². The smallest absolute Gasteiger partial charge is 0.0957 e. The number of hydrogen-bond acceptors (Lipinski definition) is 2. The maximum atomic E-state index is 9.47. The second-order valence-electron chi connectivity index (χ2n) is 1.91. The molecule has 1 heterocycles. The molecular formula is C8H11NO. The quantitative estimate of drug-likeness (QED) is 0.677. The minimum absolute atomic E-state index is 0.0244. The van der Waals surface area contributed by atoms with E-state index >= 15 is 0 Å². The number of aromatic nitrogens is 1. The molecule has 10 heavy (non-hydrogen) atoms. The molecule has 0 aliphatic carbocycles. The Morgan fingerprint density at radius 2 is 2.80 bits per heavy atom. The summed E-state index contributed by atoms with van der Waals surface area (Å²) in [7, 11) is 0. The summed E-state index contributed by atoms with van der Waals surface area (Å²) in [6.45, 7) is 0.0244. The van der Waals surface area contributed by atoms with Crippen LogP contribution < -0.4 is 0 Å². The van der Waals surface area contributed by atoms with Crippen LogP contribution in [0.15, 0.2) is 24.4 Å². The molecule has 2 heteroatoms. The summed E-state index contributed by atoms with van der Waals surface area (Å²) < 4.78 is 14.3. The van der Waals surface area contributed by atoms with Gasteiger partial charge in [0.2, 0.25) is 0 Å². The SMILES string of the molecule is [3H]CCC([3H])(O)c1ccccn1. The summed E-state index contributed by atoms with van der Waals surface area (Å²) in [6.07, 6.45) is -0.0915. The van der Waals surface area contributed by atoms with Crippen LogP contribution in [-0.4, -0.2) is 10.1 Å². The molecule has 0 aliphatic heterocycles. The number of pyridine rings is 1. The van der Waals surface area contributed by atoms with E-state index < -0.39 is 6.08 Å². The van der Waals surface area contributed by atoms with Crippen molar-refractivity contribution in [1.29, 1.82) is 0 Å². The van der Waals surface area contributed by atoms with Gasteiger partial charge in [-0.15, -0.1) is 0 Å². The number of aliphatic hydroxyl groups is 1. The van der Waals surface area contributed by atoms with E-state index in [1.165, 1.54) is 6.20 Å². The molecule has 0 fully saturated rings. The summed E-state index contributed by atoms with van der Waals surface area (Å²) in [4.78, 5) is 3.85. The molecule has 1 N–H and O–H groups in total. The molecule has 0 bridgehead atoms. The molecule has 0 amide bonds. The van der Waals surface area contributed by atoms with Crippen molar-refractivity contribution in [2.45, 2.75) is 19.4 Å². The number of hydrogen-bond donors (Lipinski definition) is 1. The summed E-state index contributed by atoms with van der Waals surface area (Å²) >= 11 is 0. The summed E-state index contributed by atoms with van der Waals surface area (Å²) in [5.74, 6) is 0. The first-order valence-corrected chi connectivity index (χ1v) is 3.10. The Bertz CT molecular complexity index is 238. The molecule has 0 aromatic carbocycles. The van der Waals surface area contributed by atoms with Gasteiger partial charge in [-0.3, -0.25) is 4.98 Å². The zero-order valence-electron chi connectivity index (χ0n) is 7.62. The molecule has 1 unspecified atom stereocenters. The van der Waals surface area contributed by atoms with Gasteiger partial charge in [0.25, 0.3) is 0 Å². The third-order valence-corrected chi connectivity index (χ3v) is 1.20. The fraction of sp³-hybridized carbons (Fsp3) is 0.375. The Labute approximate surface area is 63.4 Å². The molecule has 1 rings (SSSR count). The van der Waals surface area contributed by atoms with E-state index in [4.69, 9.17) is 2.74 Å². The van der Waals surface area contributed by atoms with Crippen LogP contribution in [0.4, 0.5) is 0 Å². The minimum Gasteiger partial charge on any atom is -0.387 e. The highest BCUT2D eigenvalue weighted by molar-refractivity contribution is 5.05. The second kappa shape index (κ2) is 3.32. The normalized spacial score (nSPS) is 18.9. The summed E-state index contributed by atoms with van der Waals surface area (Å²) in [5, 5.41) is 9.47. The first kappa shape index (κ1) is 4.85. The lowest BCUT2D eigenvalue weighted by Crippen LogP contribution is -1.96. The molecule has 1 aromatic heterocycles. The molecule has 0 saturated carbocycles. The van der Waals surface area contributed by atoms with Crippen molar-refractivity contribution >= 4 is 0 Å². The van der Waals surface area contributed by atoms with Crippen LogP contribution in [0.1, 0.15) is 27.8 Å². The molecule has 54 valence electrons. The molecule has 0 radical (unpaired) electrons. The van der Waals surface area contributed by atoms with E-state index in [1.54, 1.807) is 18.2 Å². The van der Waals surface area contributed by atoms with Crippen LogP contribution >= 0.6 is 0 Å². The highest BCUT2D eigenvalue weighted by Gasteiger charge is 2.02. The maximum absolute atomic E-state index is 9.47. The van der Waals surface area contributed by atoms with Crippen molar-refractivity contribution in [2.75, 3.05) is 0 Å². The van der Waals surface area contributed by atoms with Gasteiger partial charge in [-0.05, 0) is 18.6 Å². The molecule has 0 spiro atoms. The van der Waals surface area contributed by atoms with Gasteiger partial charge in [0, 0.05) is 7.57 Å². The standard InChI is InChI=1S/C8H11NO/c1-2-8(10)7-5-3-4-6-9-7/h3-6,8,10H,2H2,1H3/i1T,8T. The van der Waals surface area contributed by atoms with Crippen molar-refractivity contribution in [1.82, 2.24) is 4.98 Å². The molecule has 0 saturated heterocycles. The Kier molecular flexibility index (Phi) is 1.61. The van der Waals surface area contributed by atoms with Gasteiger partial charge in [0.15, 0.2) is 0 Å². The lowest BCUT2D eigenvalue weighted by atomic mass is 10.2. The van der Waals surface area contributed by atoms with Gasteiger partial charge < -0.3 is 5.11 Å². The Balaban J connectivity index is 2.82. The van der Waals surface area contributed by atoms with Crippen molar-refractivity contribution in [3.05, 3.63) is 30.1 Å². The van der Waals surface area contributed by atoms with Crippen LogP contribution in [0.5, 0.6) is 0 Å². The van der Waals surface area contributed by atoms with Gasteiger partial charge in [-0.2, -0.15) is 0 Å². The van der Waals surface area contributed by atoms with E-state index in [0.29, 0.717) is 5.69 Å². The monoisotopic (exact) mass is 141 g/mol. The first-order chi connectivity index (χ1) is 5.67. The van der Waals surface area contributed by atoms with Crippen molar-refractivity contribution in [2.24, 2.45) is 0 Å². The van der Waals surface area contributed by atoms with E-state index in [-0.39, 0.29) is 13.3 Å². The highest BCUT2D eigenvalue weighted by Crippen LogP contribution is 2.11. The fourth-order valence-corrected chi connectivity index (χ4v) is 0.662. The van der Waals surface area contributed by atoms with Crippen LogP contribution in [0, 0.1) is 0 Å². The lowest BCUT2D eigenvalue weighted by Gasteiger charge is -2.04. The second-order valence-corrected chi connectivity index (χ2v) is 1.91. The molecule has 0 aliphatic rings. The minimum atomic E-state index is -1.71. The van der Waals surface area contributed by atoms with Crippen molar-refractivity contribution < 1.29 is 7.85 Å². The molecule has 1 atom stereocenters. The van der Waals surface area contributed by atoms with E-state index in [9.17, 15) is 5.11 Å². The average Bonchev–Trinajstić information content (AvgIpc) is 2.06. The Morgan fingerprint density at radius 3 is 3.40 bits per heavy atom. The zero-order chi connectivity index (χ0) is 9.03. The van der Waals surface area contributed by atoms with E-state index in [0.717, 1.165) is 0 Å². The van der Waals surface area contributed by atoms with Crippen molar-refractivity contribution in [3.8, 4) is 0 Å². The van der Waals surface area contributed by atoms with E-state index in [2.05, 4.69) is 4.98 Å². The molecule has 2 nitrogen and oxygen atoms in total. The van der Waals surface area contributed by atoms with Gasteiger partial charge >= 0.3 is 0 Å². The predicted octanol–water partition coefficient (Wildman–Crippen LogP) is 1.52. The third kappa shape index (κ3) is 1.54. The van der Waals surface area contributed by atoms with Gasteiger partial charge in [0.05, 0.1) is 13.1 Å². The van der Waals surface area contributed by atoms with Crippen LogP contribution in [0.3, 0.4) is 0 Å². The van der Waals surface area contributed by atoms with Crippen molar-refractivity contribution in [3.63, 3.8) is 0 Å². The third-order valence-electron chi connectivity index (χ3n) is 1.20. The number of nitrogens with zero attached hydrogens (tertiary/aromatic N) is 1. The average molecular weight is 141 g/mol. The molecular weight excluding hydrogens is 126 g/mol. The molecule has 1 aromatic rings. The summed E-state index contributed by atoms with van der Waals surface area (Å²) in [5.41, 5.74) is 0.303.